The zero-order chi connectivity index (χ0) is 31.6. The molecule has 18 heteroatoms. The van der Waals surface area contributed by atoms with E-state index < -0.39 is 75.0 Å². The number of halogens is 3. The number of thioether (sulfide) groups is 1. The number of aromatic hydroxyl groups is 1. The van der Waals surface area contributed by atoms with Crippen LogP contribution in [0.4, 0.5) is 9.59 Å². The van der Waals surface area contributed by atoms with Crippen LogP contribution < -0.4 is 16.0 Å². The lowest BCUT2D eigenvalue weighted by atomic mass is 10.0. The first-order valence-electron chi connectivity index (χ1n) is 11.9. The van der Waals surface area contributed by atoms with Gasteiger partial charge in [-0.05, 0) is 38.5 Å². The molecule has 1 fully saturated rings. The number of benzene rings is 1. The minimum atomic E-state index is -2.44. The van der Waals surface area contributed by atoms with Crippen molar-refractivity contribution in [3.05, 3.63) is 41.1 Å². The molecule has 0 aromatic heterocycles. The summed E-state index contributed by atoms with van der Waals surface area (Å²) in [6.45, 7) is 4.29. The number of carboxylic acids is 1. The molecule has 0 spiro atoms. The molecule has 42 heavy (non-hydrogen) atoms. The number of imide groups is 1. The molecule has 1 aromatic rings. The number of hydrogen-bond acceptors (Lipinski definition) is 10. The quantitative estimate of drug-likeness (QED) is 0.211. The number of nitrogens with one attached hydrogen (secondary N) is 3. The first kappa shape index (κ1) is 33.1. The zero-order valence-electron chi connectivity index (χ0n) is 22.1. The normalized spacial score (nSPS) is 19.1. The van der Waals surface area contributed by atoms with Crippen molar-refractivity contribution in [2.24, 2.45) is 0 Å². The van der Waals surface area contributed by atoms with E-state index in [1.807, 2.05) is 0 Å². The summed E-state index contributed by atoms with van der Waals surface area (Å²) in [6, 6.07) is 2.92. The molecular formula is C24H25Cl3N4O10S. The van der Waals surface area contributed by atoms with Crippen molar-refractivity contribution < 1.29 is 48.5 Å². The highest BCUT2D eigenvalue weighted by atomic mass is 35.6. The molecule has 2 unspecified atom stereocenters. The van der Waals surface area contributed by atoms with Crippen molar-refractivity contribution in [1.82, 2.24) is 20.9 Å². The topological polar surface area (TPSA) is 201 Å². The molecule has 0 saturated carbocycles. The summed E-state index contributed by atoms with van der Waals surface area (Å²) in [6.07, 6.45) is -2.22. The van der Waals surface area contributed by atoms with Crippen LogP contribution in [0.3, 0.4) is 0 Å². The van der Waals surface area contributed by atoms with E-state index in [4.69, 9.17) is 44.3 Å². The van der Waals surface area contributed by atoms with Gasteiger partial charge in [0.1, 0.15) is 41.1 Å². The van der Waals surface area contributed by atoms with Crippen molar-refractivity contribution in [3.63, 3.8) is 0 Å². The zero-order valence-corrected chi connectivity index (χ0v) is 25.2. The van der Waals surface area contributed by atoms with Gasteiger partial charge >= 0.3 is 18.2 Å². The monoisotopic (exact) mass is 666 g/mol. The Morgan fingerprint density at radius 3 is 2.26 bits per heavy atom. The molecule has 0 bridgehead atoms. The number of carbonyl (C=O) groups is 6. The number of aliphatic carboxylic acids is 1. The van der Waals surface area contributed by atoms with E-state index >= 15 is 0 Å². The van der Waals surface area contributed by atoms with Gasteiger partial charge < -0.3 is 30.3 Å². The fourth-order valence-electron chi connectivity index (χ4n) is 3.78. The number of nitrogens with zero attached hydrogens (tertiary/aromatic N) is 1. The largest absolute Gasteiger partial charge is 0.508 e. The van der Waals surface area contributed by atoms with E-state index in [2.05, 4.69) is 10.6 Å². The van der Waals surface area contributed by atoms with Crippen molar-refractivity contribution >= 4 is 82.4 Å². The van der Waals surface area contributed by atoms with Gasteiger partial charge in [-0.1, -0.05) is 46.9 Å². The summed E-state index contributed by atoms with van der Waals surface area (Å²) in [4.78, 5) is 75.3. The Bertz CT molecular complexity index is 1330. The Hall–Kier alpha value is -3.40. The van der Waals surface area contributed by atoms with Gasteiger partial charge in [-0.2, -0.15) is 0 Å². The lowest BCUT2D eigenvalue weighted by Gasteiger charge is -2.49. The number of carbonyl (C=O) groups excluding carboxylic acids is 5. The lowest BCUT2D eigenvalue weighted by Crippen LogP contribution is -2.71. The SMILES string of the molecule is CC(C)(C)OC(=O)NC(C(=O)NC1C(=O)N2C(C(=O)O)=C(COC(=O)NC(=O)C(Cl)(Cl)Cl)CS[C@H]12)c1ccc(O)cc1. The van der Waals surface area contributed by atoms with Crippen LogP contribution in [-0.2, 0) is 28.7 Å². The van der Waals surface area contributed by atoms with Gasteiger partial charge in [0.15, 0.2) is 0 Å². The second kappa shape index (κ2) is 12.9. The molecule has 14 nitrogen and oxygen atoms in total. The first-order valence-corrected chi connectivity index (χ1v) is 14.1. The summed E-state index contributed by atoms with van der Waals surface area (Å²) < 4.78 is 7.66. The number of alkyl halides is 3. The number of rotatable bonds is 7. The Balaban J connectivity index is 1.74. The molecule has 5 N–H and O–H groups in total. The predicted octanol–water partition coefficient (Wildman–Crippen LogP) is 2.32. The molecule has 1 saturated heterocycles. The van der Waals surface area contributed by atoms with Crippen molar-refractivity contribution in [2.75, 3.05) is 12.4 Å². The van der Waals surface area contributed by atoms with Gasteiger partial charge in [0, 0.05) is 11.3 Å². The molecule has 0 radical (unpaired) electrons. The number of ether oxygens (including phenoxy) is 2. The minimum Gasteiger partial charge on any atom is -0.508 e. The third kappa shape index (κ3) is 8.12. The van der Waals surface area contributed by atoms with Crippen LogP contribution in [0.1, 0.15) is 32.4 Å². The fraction of sp³-hybridized carbons (Fsp3) is 0.417. The van der Waals surface area contributed by atoms with Gasteiger partial charge in [0.2, 0.25) is 5.91 Å². The van der Waals surface area contributed by atoms with E-state index in [9.17, 15) is 39.0 Å². The Labute approximate surface area is 258 Å². The number of phenols is 1. The van der Waals surface area contributed by atoms with Crippen LogP contribution >= 0.6 is 46.6 Å². The molecule has 3 rings (SSSR count). The first-order chi connectivity index (χ1) is 19.4. The number of hydrogen-bond donors (Lipinski definition) is 5. The van der Waals surface area contributed by atoms with Gasteiger partial charge in [-0.3, -0.25) is 24.6 Å². The number of alkyl carbamates (subject to hydrolysis) is 2. The minimum absolute atomic E-state index is 0.0221. The number of carboxylic acid groups (broad SMARTS) is 1. The van der Waals surface area contributed by atoms with Gasteiger partial charge in [0.25, 0.3) is 15.6 Å². The maximum absolute atomic E-state index is 13.3. The van der Waals surface area contributed by atoms with E-state index in [-0.39, 0.29) is 22.6 Å². The molecular weight excluding hydrogens is 643 g/mol. The van der Waals surface area contributed by atoms with Crippen LogP contribution in [0.25, 0.3) is 0 Å². The van der Waals surface area contributed by atoms with Crippen molar-refractivity contribution in [2.45, 2.75) is 47.6 Å². The standard InChI is InChI=1S/C24H25Cl3N4O10S/c1-23(2,3)41-22(39)29-13(10-4-6-12(32)7-5-10)16(33)28-14-17(34)31-15(19(35)36)11(9-42-18(14)31)8-40-21(38)30-20(37)24(25,26)27/h4-7,13-14,18,32H,8-9H2,1-3H3,(H,28,33)(H,29,39)(H,35,36)(H,30,37,38)/t13?,14?,18-/m1/s1. The highest BCUT2D eigenvalue weighted by molar-refractivity contribution is 8.00. The van der Waals surface area contributed by atoms with Gasteiger partial charge in [-0.25, -0.2) is 14.4 Å². The highest BCUT2D eigenvalue weighted by Crippen LogP contribution is 2.40. The molecule has 228 valence electrons. The molecule has 2 aliphatic heterocycles. The van der Waals surface area contributed by atoms with E-state index in [1.165, 1.54) is 24.3 Å². The number of fused-ring (bicyclic) bond motifs is 1. The Morgan fingerprint density at radius 2 is 1.71 bits per heavy atom. The molecule has 3 atom stereocenters. The number of amides is 5. The van der Waals surface area contributed by atoms with Crippen LogP contribution in [0.15, 0.2) is 35.5 Å². The third-order valence-corrected chi connectivity index (χ3v) is 7.40. The van der Waals surface area contributed by atoms with Gasteiger partial charge in [-0.15, -0.1) is 11.8 Å². The second-order valence-electron chi connectivity index (χ2n) is 9.85. The molecule has 2 heterocycles. The van der Waals surface area contributed by atoms with E-state index in [0.717, 1.165) is 16.7 Å². The number of phenolic OH excluding ortho intramolecular Hbond substituents is 1. The fourth-order valence-corrected chi connectivity index (χ4v) is 5.24. The molecule has 0 aliphatic carbocycles. The highest BCUT2D eigenvalue weighted by Gasteiger charge is 2.54. The molecule has 2 aliphatic rings. The van der Waals surface area contributed by atoms with Crippen molar-refractivity contribution in [1.29, 1.82) is 0 Å². The van der Waals surface area contributed by atoms with Crippen LogP contribution in [0.5, 0.6) is 5.75 Å². The van der Waals surface area contributed by atoms with Crippen LogP contribution in [-0.4, -0.2) is 84.2 Å². The molecule has 1 aromatic carbocycles. The third-order valence-electron chi connectivity index (χ3n) is 5.55. The predicted molar refractivity (Wildman–Crippen MR) is 150 cm³/mol. The van der Waals surface area contributed by atoms with E-state index in [0.29, 0.717) is 0 Å². The average Bonchev–Trinajstić information content (AvgIpc) is 2.87. The maximum atomic E-state index is 13.3. The summed E-state index contributed by atoms with van der Waals surface area (Å²) in [5, 5.41) is 25.2. The van der Waals surface area contributed by atoms with E-state index in [1.54, 1.807) is 26.1 Å². The van der Waals surface area contributed by atoms with Crippen LogP contribution in [0, 0.1) is 0 Å². The Morgan fingerprint density at radius 1 is 1.10 bits per heavy atom. The summed E-state index contributed by atoms with van der Waals surface area (Å²) >= 11 is 17.2. The van der Waals surface area contributed by atoms with Crippen LogP contribution in [0.2, 0.25) is 0 Å². The summed E-state index contributed by atoms with van der Waals surface area (Å²) in [5.41, 5.74) is -1.03. The summed E-state index contributed by atoms with van der Waals surface area (Å²) in [7, 11) is 0. The smallest absolute Gasteiger partial charge is 0.414 e. The lowest BCUT2D eigenvalue weighted by molar-refractivity contribution is -0.151. The molecule has 5 amide bonds. The summed E-state index contributed by atoms with van der Waals surface area (Å²) in [5.74, 6) is -4.45. The number of β-lactam (4-membered cyclic amide) rings is 1. The van der Waals surface area contributed by atoms with Gasteiger partial charge in [0.05, 0.1) is 0 Å². The Kier molecular flexibility index (Phi) is 10.1. The second-order valence-corrected chi connectivity index (χ2v) is 13.2. The van der Waals surface area contributed by atoms with Crippen molar-refractivity contribution in [3.8, 4) is 5.75 Å². The maximum Gasteiger partial charge on any atom is 0.414 e. The average molecular weight is 668 g/mol.